The summed E-state index contributed by atoms with van der Waals surface area (Å²) >= 11 is 1.47. The minimum absolute atomic E-state index is 0.0586. The number of carbonyl (C=O) groups is 1. The molecule has 0 aliphatic carbocycles. The van der Waals surface area contributed by atoms with E-state index in [1.165, 1.54) is 17.4 Å². The minimum atomic E-state index is -0.488. The summed E-state index contributed by atoms with van der Waals surface area (Å²) in [5.74, 6) is -0.343. The maximum Gasteiger partial charge on any atom is 0.293 e. The first-order valence-electron chi connectivity index (χ1n) is 8.76. The summed E-state index contributed by atoms with van der Waals surface area (Å²) in [5.41, 5.74) is 1.36. The van der Waals surface area contributed by atoms with Gasteiger partial charge >= 0.3 is 0 Å². The van der Waals surface area contributed by atoms with Crippen LogP contribution in [0.5, 0.6) is 0 Å². The number of nitro benzene ring substituents is 1. The Kier molecular flexibility index (Phi) is 6.00. The van der Waals surface area contributed by atoms with Crippen LogP contribution in [0.25, 0.3) is 0 Å². The average Bonchev–Trinajstić information content (AvgIpc) is 3.20. The van der Waals surface area contributed by atoms with Crippen LogP contribution in [0.4, 0.5) is 11.4 Å². The van der Waals surface area contributed by atoms with Gasteiger partial charge in [-0.15, -0.1) is 11.3 Å². The van der Waals surface area contributed by atoms with Crippen LogP contribution in [0.1, 0.15) is 40.8 Å². The highest BCUT2D eigenvalue weighted by Crippen LogP contribution is 2.33. The molecule has 0 spiro atoms. The summed E-state index contributed by atoms with van der Waals surface area (Å²) in [6, 6.07) is 13.7. The summed E-state index contributed by atoms with van der Waals surface area (Å²) in [5, 5.41) is 20.3. The maximum absolute atomic E-state index is 12.2. The van der Waals surface area contributed by atoms with Gasteiger partial charge in [0.1, 0.15) is 16.7 Å². The largest absolute Gasteiger partial charge is 0.366 e. The van der Waals surface area contributed by atoms with Crippen molar-refractivity contribution in [3.63, 3.8) is 0 Å². The lowest BCUT2D eigenvalue weighted by atomic mass is 10.1. The molecule has 0 bridgehead atoms. The first-order valence-corrected chi connectivity index (χ1v) is 9.64. The van der Waals surface area contributed by atoms with Crippen molar-refractivity contribution in [2.75, 3.05) is 5.32 Å². The summed E-state index contributed by atoms with van der Waals surface area (Å²) in [4.78, 5) is 27.7. The Morgan fingerprint density at radius 3 is 2.54 bits per heavy atom. The molecule has 0 aliphatic rings. The van der Waals surface area contributed by atoms with E-state index in [0.29, 0.717) is 5.69 Å². The normalized spacial score (nSPS) is 11.8. The molecule has 1 amide bonds. The molecule has 0 saturated heterocycles. The van der Waals surface area contributed by atoms with E-state index in [1.54, 1.807) is 18.3 Å². The number of anilines is 1. The number of nitro groups is 1. The molecule has 7 nitrogen and oxygen atoms in total. The Bertz CT molecular complexity index is 959. The SMILES string of the molecule is CC(C)NC(=O)c1ccc(NC(c2ccccc2)c2nccs2)c([N+](=O)[O-])c1. The fourth-order valence-electron chi connectivity index (χ4n) is 2.76. The third-order valence-electron chi connectivity index (χ3n) is 4.01. The zero-order valence-electron chi connectivity index (χ0n) is 15.5. The second-order valence-corrected chi connectivity index (χ2v) is 7.40. The van der Waals surface area contributed by atoms with Gasteiger partial charge in [-0.1, -0.05) is 30.3 Å². The van der Waals surface area contributed by atoms with E-state index >= 15 is 0 Å². The lowest BCUT2D eigenvalue weighted by Crippen LogP contribution is -2.30. The van der Waals surface area contributed by atoms with Crippen LogP contribution in [0.15, 0.2) is 60.1 Å². The van der Waals surface area contributed by atoms with Crippen LogP contribution in [0, 0.1) is 10.1 Å². The molecule has 2 aromatic carbocycles. The van der Waals surface area contributed by atoms with Gasteiger partial charge in [-0.3, -0.25) is 14.9 Å². The van der Waals surface area contributed by atoms with Gasteiger partial charge in [0.15, 0.2) is 0 Å². The van der Waals surface area contributed by atoms with E-state index in [-0.39, 0.29) is 29.2 Å². The Hall–Kier alpha value is -3.26. The minimum Gasteiger partial charge on any atom is -0.366 e. The molecule has 1 heterocycles. The smallest absolute Gasteiger partial charge is 0.293 e. The van der Waals surface area contributed by atoms with Crippen molar-refractivity contribution in [3.8, 4) is 0 Å². The summed E-state index contributed by atoms with van der Waals surface area (Å²) in [7, 11) is 0. The quantitative estimate of drug-likeness (QED) is 0.456. The average molecular weight is 396 g/mol. The van der Waals surface area contributed by atoms with Crippen molar-refractivity contribution in [2.24, 2.45) is 0 Å². The number of carbonyl (C=O) groups excluding carboxylic acids is 1. The molecule has 28 heavy (non-hydrogen) atoms. The zero-order valence-corrected chi connectivity index (χ0v) is 16.3. The molecule has 2 N–H and O–H groups in total. The fraction of sp³-hybridized carbons (Fsp3) is 0.200. The number of nitrogens with zero attached hydrogens (tertiary/aromatic N) is 2. The van der Waals surface area contributed by atoms with Crippen LogP contribution in [0.2, 0.25) is 0 Å². The van der Waals surface area contributed by atoms with Gasteiger partial charge in [-0.05, 0) is 31.5 Å². The van der Waals surface area contributed by atoms with Crippen LogP contribution in [-0.2, 0) is 0 Å². The highest BCUT2D eigenvalue weighted by atomic mass is 32.1. The second-order valence-electron chi connectivity index (χ2n) is 6.48. The third-order valence-corrected chi connectivity index (χ3v) is 4.85. The summed E-state index contributed by atoms with van der Waals surface area (Å²) < 4.78 is 0. The second kappa shape index (κ2) is 8.62. The van der Waals surface area contributed by atoms with Crippen molar-refractivity contribution < 1.29 is 9.72 Å². The van der Waals surface area contributed by atoms with Crippen molar-refractivity contribution in [1.82, 2.24) is 10.3 Å². The Labute approximate surface area is 166 Å². The van der Waals surface area contributed by atoms with Crippen molar-refractivity contribution in [3.05, 3.63) is 86.4 Å². The van der Waals surface area contributed by atoms with Crippen LogP contribution in [-0.4, -0.2) is 21.9 Å². The molecule has 1 unspecified atom stereocenters. The lowest BCUT2D eigenvalue weighted by Gasteiger charge is -2.19. The number of rotatable bonds is 7. The topological polar surface area (TPSA) is 97.2 Å². The molecular weight excluding hydrogens is 376 g/mol. The molecule has 1 aromatic heterocycles. The number of thiazole rings is 1. The first kappa shape index (κ1) is 19.5. The molecule has 144 valence electrons. The zero-order chi connectivity index (χ0) is 20.1. The molecule has 8 heteroatoms. The van der Waals surface area contributed by atoms with Crippen LogP contribution >= 0.6 is 11.3 Å². The molecule has 3 rings (SSSR count). The predicted octanol–water partition coefficient (Wildman–Crippen LogP) is 4.39. The third kappa shape index (κ3) is 4.52. The van der Waals surface area contributed by atoms with Gasteiger partial charge in [0.05, 0.1) is 4.92 Å². The van der Waals surface area contributed by atoms with E-state index in [1.807, 2.05) is 49.6 Å². The number of aromatic nitrogens is 1. The molecule has 0 radical (unpaired) electrons. The van der Waals surface area contributed by atoms with E-state index < -0.39 is 4.92 Å². The number of nitrogens with one attached hydrogen (secondary N) is 2. The van der Waals surface area contributed by atoms with Gasteiger partial charge in [-0.2, -0.15) is 0 Å². The van der Waals surface area contributed by atoms with E-state index in [9.17, 15) is 14.9 Å². The molecule has 0 aliphatic heterocycles. The molecular formula is C20H20N4O3S. The van der Waals surface area contributed by atoms with E-state index in [4.69, 9.17) is 0 Å². The fourth-order valence-corrected chi connectivity index (χ4v) is 3.47. The Morgan fingerprint density at radius 1 is 1.18 bits per heavy atom. The first-order chi connectivity index (χ1) is 13.5. The van der Waals surface area contributed by atoms with Gasteiger partial charge in [0.2, 0.25) is 0 Å². The van der Waals surface area contributed by atoms with E-state index in [0.717, 1.165) is 10.6 Å². The van der Waals surface area contributed by atoms with Crippen LogP contribution < -0.4 is 10.6 Å². The van der Waals surface area contributed by atoms with Crippen molar-refractivity contribution in [2.45, 2.75) is 25.9 Å². The summed E-state index contributed by atoms with van der Waals surface area (Å²) in [6.07, 6.45) is 1.70. The maximum atomic E-state index is 12.2. The number of amides is 1. The predicted molar refractivity (Wildman–Crippen MR) is 110 cm³/mol. The van der Waals surface area contributed by atoms with Crippen molar-refractivity contribution >= 4 is 28.6 Å². The van der Waals surface area contributed by atoms with Gasteiger partial charge in [0, 0.05) is 29.2 Å². The van der Waals surface area contributed by atoms with E-state index in [2.05, 4.69) is 15.6 Å². The molecule has 3 aromatic rings. The highest BCUT2D eigenvalue weighted by Gasteiger charge is 2.23. The number of hydrogen-bond donors (Lipinski definition) is 2. The highest BCUT2D eigenvalue weighted by molar-refractivity contribution is 7.09. The Morgan fingerprint density at radius 2 is 1.93 bits per heavy atom. The summed E-state index contributed by atoms with van der Waals surface area (Å²) in [6.45, 7) is 3.67. The van der Waals surface area contributed by atoms with Crippen LogP contribution in [0.3, 0.4) is 0 Å². The van der Waals surface area contributed by atoms with Gasteiger partial charge in [-0.25, -0.2) is 4.98 Å². The monoisotopic (exact) mass is 396 g/mol. The number of hydrogen-bond acceptors (Lipinski definition) is 6. The Balaban J connectivity index is 1.97. The lowest BCUT2D eigenvalue weighted by molar-refractivity contribution is -0.384. The standard InChI is InChI=1S/C20H20N4O3S/c1-13(2)22-19(25)15-8-9-16(17(12-15)24(26)27)23-18(20-21-10-11-28-20)14-6-4-3-5-7-14/h3-13,18,23H,1-2H3,(H,22,25). The molecule has 1 atom stereocenters. The number of benzene rings is 2. The molecule has 0 fully saturated rings. The molecule has 0 saturated carbocycles. The van der Waals surface area contributed by atoms with Crippen molar-refractivity contribution in [1.29, 1.82) is 0 Å². The van der Waals surface area contributed by atoms with Gasteiger partial charge < -0.3 is 10.6 Å². The van der Waals surface area contributed by atoms with Gasteiger partial charge in [0.25, 0.3) is 11.6 Å².